The number of nitrogens with zero attached hydrogens (tertiary/aromatic N) is 3. The Morgan fingerprint density at radius 1 is 1.24 bits per heavy atom. The van der Waals surface area contributed by atoms with E-state index in [2.05, 4.69) is 15.3 Å². The lowest BCUT2D eigenvalue weighted by Crippen LogP contribution is -2.37. The van der Waals surface area contributed by atoms with E-state index in [0.29, 0.717) is 13.2 Å². The maximum atomic E-state index is 12.8. The van der Waals surface area contributed by atoms with Crippen molar-refractivity contribution in [3.8, 4) is 5.75 Å². The highest BCUT2D eigenvalue weighted by molar-refractivity contribution is 5.92. The van der Waals surface area contributed by atoms with Gasteiger partial charge in [0.1, 0.15) is 11.4 Å². The number of rotatable bonds is 7. The van der Waals surface area contributed by atoms with E-state index in [0.717, 1.165) is 48.0 Å². The summed E-state index contributed by atoms with van der Waals surface area (Å²) < 4.78 is 45.0. The first-order valence-electron chi connectivity index (χ1n) is 9.66. The van der Waals surface area contributed by atoms with Crippen LogP contribution in [-0.4, -0.2) is 46.8 Å². The van der Waals surface area contributed by atoms with Crippen LogP contribution >= 0.6 is 0 Å². The second-order valence-electron chi connectivity index (χ2n) is 7.01. The lowest BCUT2D eigenvalue weighted by atomic mass is 10.1. The third-order valence-electron chi connectivity index (χ3n) is 5.02. The number of aromatic nitrogens is 2. The number of alkyl halides is 3. The molecule has 1 aliphatic heterocycles. The van der Waals surface area contributed by atoms with E-state index in [4.69, 9.17) is 4.74 Å². The van der Waals surface area contributed by atoms with Gasteiger partial charge in [-0.25, -0.2) is 0 Å². The number of benzene rings is 1. The Balaban J connectivity index is 1.73. The summed E-state index contributed by atoms with van der Waals surface area (Å²) in [6.45, 7) is 4.61. The third-order valence-corrected chi connectivity index (χ3v) is 5.02. The van der Waals surface area contributed by atoms with Crippen LogP contribution in [0.2, 0.25) is 0 Å². The number of carbonyl (C=O) groups is 1. The van der Waals surface area contributed by atoms with Crippen LogP contribution in [0.3, 0.4) is 0 Å². The minimum absolute atomic E-state index is 0.0626. The van der Waals surface area contributed by atoms with Crippen LogP contribution in [0.5, 0.6) is 5.75 Å². The van der Waals surface area contributed by atoms with Crippen molar-refractivity contribution in [3.63, 3.8) is 0 Å². The summed E-state index contributed by atoms with van der Waals surface area (Å²) in [6.07, 6.45) is -2.42. The number of carbonyl (C=O) groups excluding carboxylic acids is 1. The Hall–Kier alpha value is -2.55. The minimum Gasteiger partial charge on any atom is -0.494 e. The Kier molecular flexibility index (Phi) is 6.46. The van der Waals surface area contributed by atoms with Gasteiger partial charge in [0.05, 0.1) is 12.6 Å². The molecule has 0 bridgehead atoms. The fourth-order valence-corrected chi connectivity index (χ4v) is 3.56. The Morgan fingerprint density at radius 2 is 1.90 bits per heavy atom. The van der Waals surface area contributed by atoms with Gasteiger partial charge in [-0.1, -0.05) is 12.1 Å². The van der Waals surface area contributed by atoms with Crippen molar-refractivity contribution in [2.24, 2.45) is 7.05 Å². The molecule has 6 nitrogen and oxygen atoms in total. The number of nitrogens with one attached hydrogen (secondary N) is 1. The molecule has 1 N–H and O–H groups in total. The zero-order valence-corrected chi connectivity index (χ0v) is 16.5. The van der Waals surface area contributed by atoms with Crippen LogP contribution in [0.25, 0.3) is 0 Å². The molecule has 2 aromatic rings. The molecule has 2 heterocycles. The topological polar surface area (TPSA) is 59.4 Å². The van der Waals surface area contributed by atoms with Crippen LogP contribution < -0.4 is 10.1 Å². The zero-order chi connectivity index (χ0) is 21.0. The van der Waals surface area contributed by atoms with E-state index < -0.39 is 17.8 Å². The van der Waals surface area contributed by atoms with E-state index in [1.54, 1.807) is 0 Å². The van der Waals surface area contributed by atoms with Crippen LogP contribution in [0.1, 0.15) is 47.6 Å². The molecule has 0 aliphatic carbocycles. The van der Waals surface area contributed by atoms with Crippen molar-refractivity contribution >= 4 is 5.91 Å². The van der Waals surface area contributed by atoms with Gasteiger partial charge < -0.3 is 10.1 Å². The van der Waals surface area contributed by atoms with Crippen molar-refractivity contribution in [1.82, 2.24) is 20.0 Å². The summed E-state index contributed by atoms with van der Waals surface area (Å²) in [5.41, 5.74) is -0.173. The van der Waals surface area contributed by atoms with Gasteiger partial charge in [0.15, 0.2) is 5.69 Å². The number of likely N-dealkylation sites (tertiary alicyclic amines) is 1. The zero-order valence-electron chi connectivity index (χ0n) is 16.5. The molecule has 1 fully saturated rings. The highest BCUT2D eigenvalue weighted by atomic mass is 19.4. The second kappa shape index (κ2) is 8.86. The van der Waals surface area contributed by atoms with Gasteiger partial charge in [0.2, 0.25) is 0 Å². The van der Waals surface area contributed by atoms with Crippen molar-refractivity contribution < 1.29 is 22.7 Å². The molecular weight excluding hydrogens is 385 g/mol. The monoisotopic (exact) mass is 410 g/mol. The van der Waals surface area contributed by atoms with Gasteiger partial charge in [-0.05, 0) is 50.6 Å². The molecule has 1 atom stereocenters. The molecular formula is C20H25F3N4O2. The number of hydrogen-bond donors (Lipinski definition) is 1. The number of aryl methyl sites for hydroxylation is 1. The molecule has 3 rings (SSSR count). The predicted octanol–water partition coefficient (Wildman–Crippen LogP) is 3.40. The average Bonchev–Trinajstić information content (AvgIpc) is 3.33. The van der Waals surface area contributed by atoms with E-state index in [9.17, 15) is 18.0 Å². The van der Waals surface area contributed by atoms with E-state index in [1.165, 1.54) is 7.05 Å². The Bertz CT molecular complexity index is 827. The maximum absolute atomic E-state index is 12.8. The summed E-state index contributed by atoms with van der Waals surface area (Å²) in [5, 5.41) is 6.18. The summed E-state index contributed by atoms with van der Waals surface area (Å²) in [5.74, 6) is 0.195. The van der Waals surface area contributed by atoms with Crippen LogP contribution in [0, 0.1) is 0 Å². The fourth-order valence-electron chi connectivity index (χ4n) is 3.56. The number of hydrogen-bond acceptors (Lipinski definition) is 4. The molecule has 0 radical (unpaired) electrons. The van der Waals surface area contributed by atoms with Gasteiger partial charge in [0.25, 0.3) is 5.91 Å². The molecule has 1 saturated heterocycles. The van der Waals surface area contributed by atoms with E-state index >= 15 is 0 Å². The number of ether oxygens (including phenoxy) is 1. The lowest BCUT2D eigenvalue weighted by molar-refractivity contribution is -0.141. The minimum atomic E-state index is -4.59. The summed E-state index contributed by atoms with van der Waals surface area (Å²) >= 11 is 0. The van der Waals surface area contributed by atoms with Crippen molar-refractivity contribution in [3.05, 3.63) is 47.3 Å². The molecule has 1 aliphatic rings. The highest BCUT2D eigenvalue weighted by Crippen LogP contribution is 2.29. The molecule has 158 valence electrons. The summed E-state index contributed by atoms with van der Waals surface area (Å²) in [6, 6.07) is 8.42. The van der Waals surface area contributed by atoms with Crippen molar-refractivity contribution in [2.45, 2.75) is 32.0 Å². The van der Waals surface area contributed by atoms with Gasteiger partial charge in [-0.3, -0.25) is 14.4 Å². The maximum Gasteiger partial charge on any atom is 0.435 e. The van der Waals surface area contributed by atoms with Gasteiger partial charge in [-0.15, -0.1) is 0 Å². The Labute approximate surface area is 167 Å². The average molecular weight is 410 g/mol. The Morgan fingerprint density at radius 3 is 2.45 bits per heavy atom. The smallest absolute Gasteiger partial charge is 0.435 e. The molecule has 29 heavy (non-hydrogen) atoms. The fraction of sp³-hybridized carbons (Fsp3) is 0.500. The third kappa shape index (κ3) is 5.09. The normalized spacial score (nSPS) is 16.0. The SMILES string of the molecule is CCOc1ccc([C@@H](CNC(=O)c2cc(C(F)(F)F)nn2C)N2CCCC2)cc1. The van der Waals surface area contributed by atoms with Crippen LogP contribution in [0.15, 0.2) is 30.3 Å². The van der Waals surface area contributed by atoms with Crippen LogP contribution in [-0.2, 0) is 13.2 Å². The molecule has 9 heteroatoms. The molecule has 0 unspecified atom stereocenters. The number of halogens is 3. The van der Waals surface area contributed by atoms with Crippen molar-refractivity contribution in [2.75, 3.05) is 26.2 Å². The molecule has 1 amide bonds. The van der Waals surface area contributed by atoms with Crippen LogP contribution in [0.4, 0.5) is 13.2 Å². The number of amides is 1. The highest BCUT2D eigenvalue weighted by Gasteiger charge is 2.35. The predicted molar refractivity (Wildman–Crippen MR) is 102 cm³/mol. The standard InChI is InChI=1S/C20H25F3N4O2/c1-3-29-15-8-6-14(7-9-15)17(27-10-4-5-11-27)13-24-19(28)16-12-18(20(21,22)23)25-26(16)2/h6-9,12,17H,3-5,10-11,13H2,1-2H3,(H,24,28)/t17-/m1/s1. The summed E-state index contributed by atoms with van der Waals surface area (Å²) in [7, 11) is 1.33. The molecule has 0 saturated carbocycles. The van der Waals surface area contributed by atoms with E-state index in [1.807, 2.05) is 31.2 Å². The molecule has 1 aromatic carbocycles. The van der Waals surface area contributed by atoms with Crippen molar-refractivity contribution in [1.29, 1.82) is 0 Å². The first kappa shape index (κ1) is 21.2. The lowest BCUT2D eigenvalue weighted by Gasteiger charge is -2.28. The van der Waals surface area contributed by atoms with Gasteiger partial charge in [-0.2, -0.15) is 18.3 Å². The quantitative estimate of drug-likeness (QED) is 0.760. The molecule has 0 spiro atoms. The second-order valence-corrected chi connectivity index (χ2v) is 7.01. The first-order chi connectivity index (χ1) is 13.8. The molecule has 1 aromatic heterocycles. The largest absolute Gasteiger partial charge is 0.494 e. The first-order valence-corrected chi connectivity index (χ1v) is 9.66. The van der Waals surface area contributed by atoms with E-state index in [-0.39, 0.29) is 11.7 Å². The van der Waals surface area contributed by atoms with Gasteiger partial charge >= 0.3 is 6.18 Å². The van der Waals surface area contributed by atoms with Gasteiger partial charge in [0, 0.05) is 19.7 Å². The summed E-state index contributed by atoms with van der Waals surface area (Å²) in [4.78, 5) is 14.8.